The van der Waals surface area contributed by atoms with Crippen LogP contribution in [0.1, 0.15) is 26.4 Å². The first-order valence-corrected chi connectivity index (χ1v) is 8.47. The maximum atomic E-state index is 12.5. The monoisotopic (exact) mass is 320 g/mol. The zero-order valence-corrected chi connectivity index (χ0v) is 13.6. The van der Waals surface area contributed by atoms with E-state index in [2.05, 4.69) is 34.6 Å². The SMILES string of the molecule is Cc1ccc(NC(=O)c2cc3c(s2)-c2ccccc2CC3)nc1. The summed E-state index contributed by atoms with van der Waals surface area (Å²) in [5.74, 6) is 0.505. The van der Waals surface area contributed by atoms with Crippen molar-refractivity contribution in [2.45, 2.75) is 19.8 Å². The number of pyridine rings is 1. The second kappa shape index (κ2) is 5.63. The second-order valence-corrected chi connectivity index (χ2v) is 6.85. The van der Waals surface area contributed by atoms with E-state index in [4.69, 9.17) is 0 Å². The molecule has 0 radical (unpaired) electrons. The summed E-state index contributed by atoms with van der Waals surface area (Å²) in [5.41, 5.74) is 4.99. The molecule has 0 saturated carbocycles. The number of anilines is 1. The number of carbonyl (C=O) groups is 1. The average Bonchev–Trinajstić information content (AvgIpc) is 3.02. The lowest BCUT2D eigenvalue weighted by Crippen LogP contribution is -2.11. The minimum Gasteiger partial charge on any atom is -0.306 e. The Morgan fingerprint density at radius 3 is 2.78 bits per heavy atom. The van der Waals surface area contributed by atoms with Crippen molar-refractivity contribution in [1.82, 2.24) is 4.98 Å². The van der Waals surface area contributed by atoms with Gasteiger partial charge < -0.3 is 5.32 Å². The first kappa shape index (κ1) is 14.2. The van der Waals surface area contributed by atoms with E-state index < -0.39 is 0 Å². The van der Waals surface area contributed by atoms with Gasteiger partial charge in [0.2, 0.25) is 0 Å². The molecular weight excluding hydrogens is 304 g/mol. The number of hydrogen-bond donors (Lipinski definition) is 1. The van der Waals surface area contributed by atoms with Crippen molar-refractivity contribution < 1.29 is 4.79 Å². The van der Waals surface area contributed by atoms with E-state index in [0.29, 0.717) is 5.82 Å². The van der Waals surface area contributed by atoms with Gasteiger partial charge in [-0.2, -0.15) is 0 Å². The fourth-order valence-electron chi connectivity index (χ4n) is 2.90. The number of thiophene rings is 1. The molecule has 2 heterocycles. The van der Waals surface area contributed by atoms with Crippen molar-refractivity contribution in [1.29, 1.82) is 0 Å². The van der Waals surface area contributed by atoms with E-state index in [0.717, 1.165) is 23.3 Å². The van der Waals surface area contributed by atoms with Crippen molar-refractivity contribution in [2.24, 2.45) is 0 Å². The smallest absolute Gasteiger partial charge is 0.266 e. The van der Waals surface area contributed by atoms with Crippen molar-refractivity contribution in [3.05, 3.63) is 70.2 Å². The summed E-state index contributed by atoms with van der Waals surface area (Å²) in [6.45, 7) is 1.98. The quantitative estimate of drug-likeness (QED) is 0.757. The molecule has 114 valence electrons. The molecule has 0 atom stereocenters. The van der Waals surface area contributed by atoms with Gasteiger partial charge in [-0.05, 0) is 54.2 Å². The molecule has 23 heavy (non-hydrogen) atoms. The molecule has 4 rings (SSSR count). The number of aryl methyl sites for hydroxylation is 3. The van der Waals surface area contributed by atoms with Crippen LogP contribution in [0.5, 0.6) is 0 Å². The zero-order chi connectivity index (χ0) is 15.8. The highest BCUT2D eigenvalue weighted by Gasteiger charge is 2.21. The Balaban J connectivity index is 1.63. The summed E-state index contributed by atoms with van der Waals surface area (Å²) in [6, 6.07) is 14.3. The molecule has 1 aliphatic rings. The van der Waals surface area contributed by atoms with Crippen LogP contribution in [0.25, 0.3) is 10.4 Å². The van der Waals surface area contributed by atoms with E-state index in [1.165, 1.54) is 21.6 Å². The number of aromatic nitrogens is 1. The molecule has 1 N–H and O–H groups in total. The number of nitrogens with zero attached hydrogens (tertiary/aromatic N) is 1. The van der Waals surface area contributed by atoms with Gasteiger partial charge in [0.15, 0.2) is 0 Å². The van der Waals surface area contributed by atoms with Crippen LogP contribution in [-0.4, -0.2) is 10.9 Å². The summed E-state index contributed by atoms with van der Waals surface area (Å²) in [7, 11) is 0. The van der Waals surface area contributed by atoms with Crippen LogP contribution in [0.15, 0.2) is 48.7 Å². The Hall–Kier alpha value is -2.46. The first-order chi connectivity index (χ1) is 11.2. The fourth-order valence-corrected chi connectivity index (χ4v) is 4.07. The molecule has 0 unspecified atom stereocenters. The van der Waals surface area contributed by atoms with E-state index in [1.807, 2.05) is 25.1 Å². The molecule has 0 spiro atoms. The van der Waals surface area contributed by atoms with Crippen molar-refractivity contribution in [3.63, 3.8) is 0 Å². The third kappa shape index (κ3) is 2.66. The second-order valence-electron chi connectivity index (χ2n) is 5.80. The number of nitrogens with one attached hydrogen (secondary N) is 1. The zero-order valence-electron chi connectivity index (χ0n) is 12.8. The van der Waals surface area contributed by atoms with Crippen LogP contribution >= 0.6 is 11.3 Å². The molecule has 1 amide bonds. The molecule has 0 aliphatic heterocycles. The lowest BCUT2D eigenvalue weighted by atomic mass is 9.91. The van der Waals surface area contributed by atoms with E-state index in [9.17, 15) is 4.79 Å². The normalized spacial score (nSPS) is 12.4. The Bertz CT molecular complexity index is 881. The molecule has 1 aromatic carbocycles. The fraction of sp³-hybridized carbons (Fsp3) is 0.158. The van der Waals surface area contributed by atoms with Crippen LogP contribution in [0.3, 0.4) is 0 Å². The van der Waals surface area contributed by atoms with Crippen molar-refractivity contribution >= 4 is 23.1 Å². The minimum absolute atomic E-state index is 0.0850. The van der Waals surface area contributed by atoms with Crippen LogP contribution in [0, 0.1) is 6.92 Å². The summed E-state index contributed by atoms with van der Waals surface area (Å²) < 4.78 is 0. The number of carbonyl (C=O) groups excluding carboxylic acids is 1. The maximum Gasteiger partial charge on any atom is 0.266 e. The molecule has 1 aliphatic carbocycles. The van der Waals surface area contributed by atoms with Gasteiger partial charge in [0, 0.05) is 11.1 Å². The first-order valence-electron chi connectivity index (χ1n) is 7.66. The highest BCUT2D eigenvalue weighted by molar-refractivity contribution is 7.17. The predicted molar refractivity (Wildman–Crippen MR) is 94.1 cm³/mol. The van der Waals surface area contributed by atoms with Gasteiger partial charge in [-0.15, -0.1) is 11.3 Å². The van der Waals surface area contributed by atoms with Crippen LogP contribution in [0.2, 0.25) is 0 Å². The van der Waals surface area contributed by atoms with Crippen LogP contribution in [0.4, 0.5) is 5.82 Å². The minimum atomic E-state index is -0.0850. The van der Waals surface area contributed by atoms with E-state index in [-0.39, 0.29) is 5.91 Å². The highest BCUT2D eigenvalue weighted by atomic mass is 32.1. The van der Waals surface area contributed by atoms with Gasteiger partial charge >= 0.3 is 0 Å². The average molecular weight is 320 g/mol. The van der Waals surface area contributed by atoms with Gasteiger partial charge in [-0.25, -0.2) is 4.98 Å². The number of benzene rings is 1. The van der Waals surface area contributed by atoms with Crippen molar-refractivity contribution in [3.8, 4) is 10.4 Å². The molecule has 3 nitrogen and oxygen atoms in total. The van der Waals surface area contributed by atoms with Gasteiger partial charge in [-0.1, -0.05) is 30.3 Å². The lowest BCUT2D eigenvalue weighted by Gasteiger charge is -2.15. The molecular formula is C19H16N2OS. The van der Waals surface area contributed by atoms with E-state index >= 15 is 0 Å². The van der Waals surface area contributed by atoms with E-state index in [1.54, 1.807) is 17.5 Å². The number of amides is 1. The molecule has 4 heteroatoms. The van der Waals surface area contributed by atoms with Crippen LogP contribution in [-0.2, 0) is 12.8 Å². The summed E-state index contributed by atoms with van der Waals surface area (Å²) >= 11 is 1.57. The van der Waals surface area contributed by atoms with Gasteiger partial charge in [0.1, 0.15) is 5.82 Å². The maximum absolute atomic E-state index is 12.5. The Morgan fingerprint density at radius 1 is 1.13 bits per heavy atom. The predicted octanol–water partition coefficient (Wildman–Crippen LogP) is 4.47. The molecule has 3 aromatic rings. The molecule has 0 saturated heterocycles. The summed E-state index contributed by atoms with van der Waals surface area (Å²) in [6.07, 6.45) is 3.80. The topological polar surface area (TPSA) is 42.0 Å². The standard InChI is InChI=1S/C19H16N2OS/c1-12-6-9-17(20-11-12)21-19(22)16-10-14-8-7-13-4-2-3-5-15(13)18(14)23-16/h2-6,9-11H,7-8H2,1H3,(H,20,21,22). The van der Waals surface area contributed by atoms with Crippen LogP contribution < -0.4 is 5.32 Å². The van der Waals surface area contributed by atoms with Gasteiger partial charge in [0.05, 0.1) is 4.88 Å². The Labute approximate surface area is 139 Å². The summed E-state index contributed by atoms with van der Waals surface area (Å²) in [4.78, 5) is 18.7. The molecule has 0 bridgehead atoms. The largest absolute Gasteiger partial charge is 0.306 e. The summed E-state index contributed by atoms with van der Waals surface area (Å²) in [5, 5.41) is 2.88. The number of rotatable bonds is 2. The molecule has 0 fully saturated rings. The van der Waals surface area contributed by atoms with Crippen molar-refractivity contribution in [2.75, 3.05) is 5.32 Å². The number of fused-ring (bicyclic) bond motifs is 3. The van der Waals surface area contributed by atoms with Gasteiger partial charge in [0.25, 0.3) is 5.91 Å². The Morgan fingerprint density at radius 2 is 1.96 bits per heavy atom. The lowest BCUT2D eigenvalue weighted by molar-refractivity contribution is 0.103. The molecule has 2 aromatic heterocycles. The highest BCUT2D eigenvalue weighted by Crippen LogP contribution is 2.39. The third-order valence-electron chi connectivity index (χ3n) is 4.11. The van der Waals surface area contributed by atoms with Gasteiger partial charge in [-0.3, -0.25) is 4.79 Å². The third-order valence-corrected chi connectivity index (χ3v) is 5.32. The Kier molecular flexibility index (Phi) is 3.46. The number of hydrogen-bond acceptors (Lipinski definition) is 3.